The van der Waals surface area contributed by atoms with Gasteiger partial charge in [0.05, 0.1) is 19.1 Å². The summed E-state index contributed by atoms with van der Waals surface area (Å²) in [5.41, 5.74) is 1.90. The van der Waals surface area contributed by atoms with Gasteiger partial charge in [0.25, 0.3) is 0 Å². The van der Waals surface area contributed by atoms with E-state index < -0.39 is 4.92 Å². The van der Waals surface area contributed by atoms with Crippen LogP contribution in [0.2, 0.25) is 0 Å². The van der Waals surface area contributed by atoms with E-state index >= 15 is 0 Å². The van der Waals surface area contributed by atoms with E-state index in [-0.39, 0.29) is 23.8 Å². The predicted molar refractivity (Wildman–Crippen MR) is 91.3 cm³/mol. The Morgan fingerprint density at radius 2 is 1.84 bits per heavy atom. The zero-order valence-electron chi connectivity index (χ0n) is 14.7. The Balaban J connectivity index is 2.21. The van der Waals surface area contributed by atoms with Crippen LogP contribution in [0.1, 0.15) is 17.0 Å². The van der Waals surface area contributed by atoms with Crippen LogP contribution in [-0.4, -0.2) is 34.8 Å². The number of nitrogens with one attached hydrogen (secondary N) is 1. The predicted octanol–water partition coefficient (Wildman–Crippen LogP) is 2.37. The molecular weight excluding hydrogens is 328 g/mol. The van der Waals surface area contributed by atoms with Gasteiger partial charge >= 0.3 is 5.69 Å². The molecule has 0 atom stereocenters. The first kappa shape index (κ1) is 18.2. The van der Waals surface area contributed by atoms with Crippen LogP contribution in [0.25, 0.3) is 0 Å². The van der Waals surface area contributed by atoms with Gasteiger partial charge in [-0.3, -0.25) is 19.6 Å². The van der Waals surface area contributed by atoms with Crippen LogP contribution >= 0.6 is 0 Å². The van der Waals surface area contributed by atoms with Gasteiger partial charge < -0.3 is 14.8 Å². The highest BCUT2D eigenvalue weighted by molar-refractivity contribution is 5.91. The minimum atomic E-state index is -0.495. The summed E-state index contributed by atoms with van der Waals surface area (Å²) in [6.45, 7) is 4.80. The van der Waals surface area contributed by atoms with Crippen molar-refractivity contribution in [3.63, 3.8) is 0 Å². The monoisotopic (exact) mass is 348 g/mol. The Kier molecular flexibility index (Phi) is 5.26. The lowest BCUT2D eigenvalue weighted by molar-refractivity contribution is -0.386. The van der Waals surface area contributed by atoms with E-state index in [9.17, 15) is 14.9 Å². The molecule has 1 heterocycles. The minimum Gasteiger partial charge on any atom is -0.493 e. The second-order valence-electron chi connectivity index (χ2n) is 5.50. The number of hydrogen-bond donors (Lipinski definition) is 1. The molecule has 2 aromatic rings. The molecule has 134 valence electrons. The van der Waals surface area contributed by atoms with Gasteiger partial charge in [-0.05, 0) is 32.4 Å². The first-order valence-electron chi connectivity index (χ1n) is 7.49. The molecule has 1 aromatic carbocycles. The number of nitrogens with zero attached hydrogens (tertiary/aromatic N) is 3. The van der Waals surface area contributed by atoms with Crippen LogP contribution in [0.5, 0.6) is 11.5 Å². The lowest BCUT2D eigenvalue weighted by atomic mass is 10.1. The molecule has 2 rings (SSSR count). The van der Waals surface area contributed by atoms with E-state index in [1.165, 1.54) is 25.8 Å². The van der Waals surface area contributed by atoms with Gasteiger partial charge in [-0.2, -0.15) is 5.10 Å². The molecule has 0 saturated carbocycles. The van der Waals surface area contributed by atoms with E-state index in [0.29, 0.717) is 22.9 Å². The number of benzene rings is 1. The highest BCUT2D eigenvalue weighted by atomic mass is 16.6. The third-order valence-corrected chi connectivity index (χ3v) is 3.82. The van der Waals surface area contributed by atoms with Crippen LogP contribution in [0, 0.1) is 30.9 Å². The van der Waals surface area contributed by atoms with E-state index in [1.54, 1.807) is 19.1 Å². The van der Waals surface area contributed by atoms with E-state index in [0.717, 1.165) is 5.56 Å². The standard InChI is InChI=1S/C16H20N4O5/c1-9-6-13(24-4)14(25-5)7-12(9)17-15(21)8-19-11(3)16(20(22)23)10(2)18-19/h6-7H,8H2,1-5H3,(H,17,21). The summed E-state index contributed by atoms with van der Waals surface area (Å²) < 4.78 is 11.8. The maximum absolute atomic E-state index is 12.3. The van der Waals surface area contributed by atoms with Crippen molar-refractivity contribution in [3.8, 4) is 11.5 Å². The largest absolute Gasteiger partial charge is 0.493 e. The van der Waals surface area contributed by atoms with Gasteiger partial charge in [0.1, 0.15) is 17.9 Å². The molecule has 0 unspecified atom stereocenters. The Labute approximate surface area is 144 Å². The van der Waals surface area contributed by atoms with Gasteiger partial charge in [0.2, 0.25) is 5.91 Å². The number of aryl methyl sites for hydroxylation is 2. The molecule has 0 saturated heterocycles. The van der Waals surface area contributed by atoms with Crippen LogP contribution < -0.4 is 14.8 Å². The quantitative estimate of drug-likeness (QED) is 0.634. The molecule has 0 aliphatic carbocycles. The number of nitro groups is 1. The summed E-state index contributed by atoms with van der Waals surface area (Å²) in [4.78, 5) is 22.9. The zero-order chi connectivity index (χ0) is 18.7. The van der Waals surface area contributed by atoms with Gasteiger partial charge in [-0.1, -0.05) is 0 Å². The zero-order valence-corrected chi connectivity index (χ0v) is 14.7. The average molecular weight is 348 g/mol. The molecule has 0 bridgehead atoms. The first-order valence-corrected chi connectivity index (χ1v) is 7.49. The normalized spacial score (nSPS) is 10.4. The van der Waals surface area contributed by atoms with Gasteiger partial charge in [0.15, 0.2) is 11.5 Å². The van der Waals surface area contributed by atoms with Crippen molar-refractivity contribution in [1.29, 1.82) is 0 Å². The molecule has 1 aromatic heterocycles. The van der Waals surface area contributed by atoms with Crippen LogP contribution in [-0.2, 0) is 11.3 Å². The third-order valence-electron chi connectivity index (χ3n) is 3.82. The second-order valence-corrected chi connectivity index (χ2v) is 5.50. The summed E-state index contributed by atoms with van der Waals surface area (Å²) in [6.07, 6.45) is 0. The van der Waals surface area contributed by atoms with Crippen molar-refractivity contribution >= 4 is 17.3 Å². The molecule has 0 radical (unpaired) electrons. The number of aromatic nitrogens is 2. The first-order chi connectivity index (χ1) is 11.8. The van der Waals surface area contributed by atoms with E-state index in [2.05, 4.69) is 10.4 Å². The minimum absolute atomic E-state index is 0.0740. The highest BCUT2D eigenvalue weighted by Gasteiger charge is 2.23. The lowest BCUT2D eigenvalue weighted by Crippen LogP contribution is -2.21. The maximum atomic E-state index is 12.3. The second kappa shape index (κ2) is 7.20. The molecule has 25 heavy (non-hydrogen) atoms. The SMILES string of the molecule is COc1cc(C)c(NC(=O)Cn2nc(C)c([N+](=O)[O-])c2C)cc1OC. The summed E-state index contributed by atoms with van der Waals surface area (Å²) in [6, 6.07) is 3.41. The fraction of sp³-hybridized carbons (Fsp3) is 0.375. The summed E-state index contributed by atoms with van der Waals surface area (Å²) >= 11 is 0. The van der Waals surface area contributed by atoms with Gasteiger partial charge in [0, 0.05) is 11.8 Å². The van der Waals surface area contributed by atoms with Crippen LogP contribution in [0.15, 0.2) is 12.1 Å². The van der Waals surface area contributed by atoms with Crippen molar-refractivity contribution in [2.75, 3.05) is 19.5 Å². The molecule has 1 amide bonds. The molecule has 0 spiro atoms. The number of amides is 1. The van der Waals surface area contributed by atoms with Crippen molar-refractivity contribution in [2.45, 2.75) is 27.3 Å². The number of anilines is 1. The lowest BCUT2D eigenvalue weighted by Gasteiger charge is -2.14. The van der Waals surface area contributed by atoms with Crippen LogP contribution in [0.4, 0.5) is 11.4 Å². The molecule has 9 heteroatoms. The average Bonchev–Trinajstić information content (AvgIpc) is 2.82. The van der Waals surface area contributed by atoms with Crippen molar-refractivity contribution in [1.82, 2.24) is 9.78 Å². The number of hydrogen-bond acceptors (Lipinski definition) is 6. The molecule has 0 aliphatic rings. The number of rotatable bonds is 6. The Hall–Kier alpha value is -3.10. The number of carbonyl (C=O) groups excluding carboxylic acids is 1. The topological polar surface area (TPSA) is 109 Å². The van der Waals surface area contributed by atoms with Crippen molar-refractivity contribution in [3.05, 3.63) is 39.2 Å². The maximum Gasteiger partial charge on any atom is 0.312 e. The Morgan fingerprint density at radius 1 is 1.24 bits per heavy atom. The molecular formula is C16H20N4O5. The van der Waals surface area contributed by atoms with Gasteiger partial charge in [-0.15, -0.1) is 0 Å². The number of carbonyl (C=O) groups is 1. The molecule has 0 aliphatic heterocycles. The van der Waals surface area contributed by atoms with E-state index in [1.807, 2.05) is 6.92 Å². The Morgan fingerprint density at radius 3 is 2.36 bits per heavy atom. The van der Waals surface area contributed by atoms with Gasteiger partial charge in [-0.25, -0.2) is 0 Å². The molecule has 0 fully saturated rings. The highest BCUT2D eigenvalue weighted by Crippen LogP contribution is 2.33. The fourth-order valence-corrected chi connectivity index (χ4v) is 2.55. The van der Waals surface area contributed by atoms with Crippen molar-refractivity contribution < 1.29 is 19.2 Å². The molecule has 9 nitrogen and oxygen atoms in total. The summed E-state index contributed by atoms with van der Waals surface area (Å²) in [5, 5.41) is 17.9. The number of methoxy groups -OCH3 is 2. The van der Waals surface area contributed by atoms with Crippen molar-refractivity contribution in [2.24, 2.45) is 0 Å². The van der Waals surface area contributed by atoms with Crippen LogP contribution in [0.3, 0.4) is 0 Å². The summed E-state index contributed by atoms with van der Waals surface area (Å²) in [5.74, 6) is 0.702. The smallest absolute Gasteiger partial charge is 0.312 e. The summed E-state index contributed by atoms with van der Waals surface area (Å²) in [7, 11) is 3.04. The molecule has 1 N–H and O–H groups in total. The number of ether oxygens (including phenoxy) is 2. The third kappa shape index (κ3) is 3.70. The fourth-order valence-electron chi connectivity index (χ4n) is 2.55. The Bertz CT molecular complexity index is 828. The van der Waals surface area contributed by atoms with E-state index in [4.69, 9.17) is 9.47 Å².